The van der Waals surface area contributed by atoms with Crippen molar-refractivity contribution in [1.29, 1.82) is 0 Å². The number of hydrogen-bond donors (Lipinski definition) is 0. The molecule has 5 heteroatoms. The van der Waals surface area contributed by atoms with Gasteiger partial charge in [-0.25, -0.2) is 0 Å². The first-order chi connectivity index (χ1) is 15.1. The zero-order valence-corrected chi connectivity index (χ0v) is 17.6. The summed E-state index contributed by atoms with van der Waals surface area (Å²) in [6.45, 7) is 4.41. The maximum Gasteiger partial charge on any atom is 0.281 e. The first-order valence-electron chi connectivity index (χ1n) is 10.2. The Bertz CT molecular complexity index is 1150. The third-order valence-electron chi connectivity index (χ3n) is 5.15. The van der Waals surface area contributed by atoms with E-state index in [1.165, 1.54) is 0 Å². The van der Waals surface area contributed by atoms with Crippen molar-refractivity contribution >= 4 is 11.6 Å². The lowest BCUT2D eigenvalue weighted by atomic mass is 10.1. The van der Waals surface area contributed by atoms with Gasteiger partial charge in [0.2, 0.25) is 0 Å². The van der Waals surface area contributed by atoms with E-state index in [0.717, 1.165) is 22.6 Å². The summed E-state index contributed by atoms with van der Waals surface area (Å²) in [5.41, 5.74) is 3.77. The number of aryl methyl sites for hydroxylation is 2. The van der Waals surface area contributed by atoms with Gasteiger partial charge in [-0.2, -0.15) is 0 Å². The molecule has 0 aliphatic rings. The fraction of sp³-hybridized carbons (Fsp3) is 0.154. The molecule has 4 rings (SSSR count). The molecule has 0 saturated carbocycles. The van der Waals surface area contributed by atoms with Crippen LogP contribution >= 0.6 is 0 Å². The smallest absolute Gasteiger partial charge is 0.281 e. The van der Waals surface area contributed by atoms with Crippen LogP contribution in [0.3, 0.4) is 0 Å². The largest absolute Gasteiger partial charge is 0.488 e. The lowest BCUT2D eigenvalue weighted by Gasteiger charge is -2.22. The van der Waals surface area contributed by atoms with Gasteiger partial charge < -0.3 is 14.2 Å². The SMILES string of the molecule is Cc1ccccc1OCc1c(C(=O)N(Cc2ccccc2)c2ccccc2)noc1C. The van der Waals surface area contributed by atoms with Crippen molar-refractivity contribution in [2.45, 2.75) is 27.0 Å². The molecule has 0 atom stereocenters. The number of rotatable bonds is 7. The standard InChI is InChI=1S/C26H24N2O3/c1-19-11-9-10-16-24(19)30-18-23-20(2)31-27-25(23)26(29)28(22-14-7-4-8-15-22)17-21-12-5-3-6-13-21/h3-16H,17-18H2,1-2H3. The Hall–Kier alpha value is -3.86. The van der Waals surface area contributed by atoms with E-state index in [-0.39, 0.29) is 18.2 Å². The van der Waals surface area contributed by atoms with Crippen molar-refractivity contribution < 1.29 is 14.1 Å². The molecule has 1 heterocycles. The highest BCUT2D eigenvalue weighted by atomic mass is 16.5. The predicted molar refractivity (Wildman–Crippen MR) is 120 cm³/mol. The Labute approximate surface area is 181 Å². The Balaban J connectivity index is 1.63. The minimum absolute atomic E-state index is 0.204. The van der Waals surface area contributed by atoms with Crippen LogP contribution in [0.2, 0.25) is 0 Å². The van der Waals surface area contributed by atoms with Crippen LogP contribution in [0, 0.1) is 13.8 Å². The van der Waals surface area contributed by atoms with Crippen LogP contribution in [-0.4, -0.2) is 11.1 Å². The predicted octanol–water partition coefficient (Wildman–Crippen LogP) is 5.72. The molecule has 0 N–H and O–H groups in total. The topological polar surface area (TPSA) is 55.6 Å². The minimum atomic E-state index is -0.227. The molecular formula is C26H24N2O3. The van der Waals surface area contributed by atoms with Gasteiger partial charge in [-0.05, 0) is 43.2 Å². The number of carbonyl (C=O) groups excluding carboxylic acids is 1. The van der Waals surface area contributed by atoms with Gasteiger partial charge in [0.25, 0.3) is 5.91 Å². The van der Waals surface area contributed by atoms with Crippen molar-refractivity contribution in [3.8, 4) is 5.75 Å². The van der Waals surface area contributed by atoms with E-state index >= 15 is 0 Å². The number of para-hydroxylation sites is 2. The molecule has 0 aliphatic heterocycles. The maximum atomic E-state index is 13.6. The Kier molecular flexibility index (Phi) is 6.13. The molecule has 1 aromatic heterocycles. The first kappa shape index (κ1) is 20.4. The van der Waals surface area contributed by atoms with Crippen LogP contribution < -0.4 is 9.64 Å². The molecule has 31 heavy (non-hydrogen) atoms. The van der Waals surface area contributed by atoms with Crippen molar-refractivity contribution in [3.63, 3.8) is 0 Å². The molecule has 1 amide bonds. The summed E-state index contributed by atoms with van der Waals surface area (Å²) < 4.78 is 11.4. The highest BCUT2D eigenvalue weighted by Gasteiger charge is 2.26. The third kappa shape index (κ3) is 4.67. The lowest BCUT2D eigenvalue weighted by Crippen LogP contribution is -2.31. The number of hydrogen-bond acceptors (Lipinski definition) is 4. The molecule has 156 valence electrons. The summed E-state index contributed by atoms with van der Waals surface area (Å²) >= 11 is 0. The van der Waals surface area contributed by atoms with E-state index in [9.17, 15) is 4.79 Å². The van der Waals surface area contributed by atoms with Crippen LogP contribution in [0.1, 0.15) is 32.9 Å². The number of amides is 1. The summed E-state index contributed by atoms with van der Waals surface area (Å²) in [6, 6.07) is 27.2. The summed E-state index contributed by atoms with van der Waals surface area (Å²) in [7, 11) is 0. The highest BCUT2D eigenvalue weighted by molar-refractivity contribution is 6.05. The summed E-state index contributed by atoms with van der Waals surface area (Å²) in [4.78, 5) is 15.3. The molecule has 0 saturated heterocycles. The molecular weight excluding hydrogens is 388 g/mol. The van der Waals surface area contributed by atoms with Gasteiger partial charge in [0.05, 0.1) is 12.1 Å². The van der Waals surface area contributed by atoms with E-state index in [0.29, 0.717) is 17.9 Å². The number of benzene rings is 3. The van der Waals surface area contributed by atoms with E-state index in [1.54, 1.807) is 11.8 Å². The molecule has 0 radical (unpaired) electrons. The van der Waals surface area contributed by atoms with E-state index in [1.807, 2.05) is 91.9 Å². The zero-order valence-electron chi connectivity index (χ0n) is 17.6. The third-order valence-corrected chi connectivity index (χ3v) is 5.15. The highest BCUT2D eigenvalue weighted by Crippen LogP contribution is 2.25. The number of aromatic nitrogens is 1. The second-order valence-electron chi connectivity index (χ2n) is 7.33. The molecule has 0 fully saturated rings. The summed E-state index contributed by atoms with van der Waals surface area (Å²) in [6.07, 6.45) is 0. The number of anilines is 1. The van der Waals surface area contributed by atoms with Crippen molar-refractivity contribution in [3.05, 3.63) is 113 Å². The van der Waals surface area contributed by atoms with E-state index < -0.39 is 0 Å². The Morgan fingerprint density at radius 1 is 0.903 bits per heavy atom. The molecule has 0 aliphatic carbocycles. The second kappa shape index (κ2) is 9.30. The van der Waals surface area contributed by atoms with Crippen LogP contribution in [0.15, 0.2) is 89.5 Å². The van der Waals surface area contributed by atoms with Gasteiger partial charge in [-0.1, -0.05) is 71.9 Å². The Morgan fingerprint density at radius 2 is 1.55 bits per heavy atom. The summed E-state index contributed by atoms with van der Waals surface area (Å²) in [5, 5.41) is 4.09. The van der Waals surface area contributed by atoms with Crippen LogP contribution in [0.25, 0.3) is 0 Å². The van der Waals surface area contributed by atoms with E-state index in [4.69, 9.17) is 9.26 Å². The van der Waals surface area contributed by atoms with Crippen molar-refractivity contribution in [1.82, 2.24) is 5.16 Å². The molecule has 0 spiro atoms. The minimum Gasteiger partial charge on any atom is -0.488 e. The molecule has 5 nitrogen and oxygen atoms in total. The van der Waals surface area contributed by atoms with Gasteiger partial charge >= 0.3 is 0 Å². The van der Waals surface area contributed by atoms with E-state index in [2.05, 4.69) is 5.16 Å². The summed E-state index contributed by atoms with van der Waals surface area (Å²) in [5.74, 6) is 1.12. The fourth-order valence-corrected chi connectivity index (χ4v) is 3.38. The second-order valence-corrected chi connectivity index (χ2v) is 7.33. The Morgan fingerprint density at radius 3 is 2.26 bits per heavy atom. The monoisotopic (exact) mass is 412 g/mol. The number of ether oxygens (including phenoxy) is 1. The van der Waals surface area contributed by atoms with Crippen molar-refractivity contribution in [2.75, 3.05) is 4.90 Å². The quantitative estimate of drug-likeness (QED) is 0.390. The fourth-order valence-electron chi connectivity index (χ4n) is 3.38. The van der Waals surface area contributed by atoms with Gasteiger partial charge in [-0.15, -0.1) is 0 Å². The average Bonchev–Trinajstić information content (AvgIpc) is 3.18. The van der Waals surface area contributed by atoms with Gasteiger partial charge in [-0.3, -0.25) is 4.79 Å². The lowest BCUT2D eigenvalue weighted by molar-refractivity contribution is 0.0974. The molecule has 0 unspecified atom stereocenters. The number of nitrogens with zero attached hydrogens (tertiary/aromatic N) is 2. The van der Waals surface area contributed by atoms with Crippen molar-refractivity contribution in [2.24, 2.45) is 0 Å². The normalized spacial score (nSPS) is 10.6. The van der Waals surface area contributed by atoms with Crippen LogP contribution in [0.5, 0.6) is 5.75 Å². The van der Waals surface area contributed by atoms with Gasteiger partial charge in [0, 0.05) is 5.69 Å². The maximum absolute atomic E-state index is 13.6. The molecule has 4 aromatic rings. The molecule has 3 aromatic carbocycles. The van der Waals surface area contributed by atoms with Crippen LogP contribution in [0.4, 0.5) is 5.69 Å². The zero-order chi connectivity index (χ0) is 21.6. The van der Waals surface area contributed by atoms with Gasteiger partial charge in [0.15, 0.2) is 5.69 Å². The number of carbonyl (C=O) groups is 1. The molecule has 0 bridgehead atoms. The van der Waals surface area contributed by atoms with Crippen LogP contribution in [-0.2, 0) is 13.2 Å². The first-order valence-corrected chi connectivity index (χ1v) is 10.2. The average molecular weight is 412 g/mol. The van der Waals surface area contributed by atoms with Gasteiger partial charge in [0.1, 0.15) is 18.1 Å².